The van der Waals surface area contributed by atoms with Crippen LogP contribution in [-0.4, -0.2) is 0 Å². The first-order valence-corrected chi connectivity index (χ1v) is 19.1. The van der Waals surface area contributed by atoms with Gasteiger partial charge in [0, 0.05) is 25.7 Å². The Kier molecular flexibility index (Phi) is 6.83. The van der Waals surface area contributed by atoms with Crippen LogP contribution in [0.25, 0.3) is 108 Å². The molecule has 0 spiro atoms. The van der Waals surface area contributed by atoms with Gasteiger partial charge in [-0.05, 0) is 100 Å². The number of benzene rings is 10. The van der Waals surface area contributed by atoms with Gasteiger partial charge in [0.15, 0.2) is 0 Å². The third-order valence-electron chi connectivity index (χ3n) is 11.1. The Morgan fingerprint density at radius 3 is 1.51 bits per heavy atom. The molecule has 1 aromatic heterocycles. The molecule has 0 saturated carbocycles. The fraction of sp³-hybridized carbons (Fsp3) is 0. The van der Waals surface area contributed by atoms with Crippen molar-refractivity contribution in [1.29, 1.82) is 0 Å². The third kappa shape index (κ3) is 4.68. The van der Waals surface area contributed by atoms with Gasteiger partial charge in [-0.1, -0.05) is 176 Å². The predicted molar refractivity (Wildman–Crippen MR) is 231 cm³/mol. The van der Waals surface area contributed by atoms with Crippen molar-refractivity contribution < 1.29 is 0 Å². The van der Waals surface area contributed by atoms with Crippen molar-refractivity contribution in [1.82, 2.24) is 0 Å². The van der Waals surface area contributed by atoms with Crippen molar-refractivity contribution in [2.24, 2.45) is 0 Å². The zero-order chi connectivity index (χ0) is 34.9. The fourth-order valence-corrected chi connectivity index (χ4v) is 9.96. The molecule has 0 atom stereocenters. The molecule has 10 aromatic carbocycles. The molecular formula is C52H32S. The number of fused-ring (bicyclic) bond motifs is 7. The SMILES string of the molecule is c1ccc(-c2ccc(-c3cc(-c4c5ccccc5c(-c5cccc6ccccc56)c5ccccc45)cc4c3sc3ccccc34)c3ccccc23)cc1. The molecular weight excluding hydrogens is 657 g/mol. The summed E-state index contributed by atoms with van der Waals surface area (Å²) in [6.07, 6.45) is 0. The van der Waals surface area contributed by atoms with Crippen LogP contribution < -0.4 is 0 Å². The van der Waals surface area contributed by atoms with Crippen LogP contribution in [-0.2, 0) is 0 Å². The second-order valence-corrected chi connectivity index (χ2v) is 15.0. The minimum absolute atomic E-state index is 1.24. The third-order valence-corrected chi connectivity index (χ3v) is 12.3. The molecule has 246 valence electrons. The van der Waals surface area contributed by atoms with Crippen molar-refractivity contribution in [2.75, 3.05) is 0 Å². The first kappa shape index (κ1) is 30.1. The molecule has 1 heterocycles. The van der Waals surface area contributed by atoms with Crippen LogP contribution in [0.3, 0.4) is 0 Å². The van der Waals surface area contributed by atoms with Gasteiger partial charge in [0.05, 0.1) is 0 Å². The molecule has 0 amide bonds. The smallest absolute Gasteiger partial charge is 0.0434 e. The summed E-state index contributed by atoms with van der Waals surface area (Å²) >= 11 is 1.90. The number of hydrogen-bond acceptors (Lipinski definition) is 1. The van der Waals surface area contributed by atoms with Crippen LogP contribution in [0.2, 0.25) is 0 Å². The highest BCUT2D eigenvalue weighted by Crippen LogP contribution is 2.49. The van der Waals surface area contributed by atoms with Gasteiger partial charge in [-0.2, -0.15) is 0 Å². The largest absolute Gasteiger partial charge is 0.135 e. The monoisotopic (exact) mass is 688 g/mol. The average Bonchev–Trinajstić information content (AvgIpc) is 3.61. The predicted octanol–water partition coefficient (Wildman–Crippen LogP) is 15.3. The lowest BCUT2D eigenvalue weighted by Crippen LogP contribution is -1.92. The molecule has 11 aromatic rings. The Hall–Kier alpha value is -6.54. The van der Waals surface area contributed by atoms with Crippen molar-refractivity contribution in [3.63, 3.8) is 0 Å². The van der Waals surface area contributed by atoms with Gasteiger partial charge >= 0.3 is 0 Å². The molecule has 0 aliphatic rings. The second kappa shape index (κ2) is 12.0. The maximum Gasteiger partial charge on any atom is 0.0434 e. The van der Waals surface area contributed by atoms with Gasteiger partial charge in [-0.15, -0.1) is 11.3 Å². The van der Waals surface area contributed by atoms with Crippen LogP contribution in [0.15, 0.2) is 194 Å². The van der Waals surface area contributed by atoms with E-state index in [1.165, 1.54) is 108 Å². The number of hydrogen-bond donors (Lipinski definition) is 0. The van der Waals surface area contributed by atoms with E-state index in [4.69, 9.17) is 0 Å². The molecule has 0 N–H and O–H groups in total. The molecule has 53 heavy (non-hydrogen) atoms. The van der Waals surface area contributed by atoms with E-state index in [1.807, 2.05) is 11.3 Å². The molecule has 0 bridgehead atoms. The van der Waals surface area contributed by atoms with Gasteiger partial charge in [0.2, 0.25) is 0 Å². The van der Waals surface area contributed by atoms with Crippen LogP contribution in [0.5, 0.6) is 0 Å². The number of rotatable bonds is 4. The lowest BCUT2D eigenvalue weighted by molar-refractivity contribution is 1.64. The summed E-state index contributed by atoms with van der Waals surface area (Å²) in [6, 6.07) is 71.7. The van der Waals surface area contributed by atoms with E-state index in [2.05, 4.69) is 194 Å². The molecule has 0 aliphatic carbocycles. The second-order valence-electron chi connectivity index (χ2n) is 13.9. The van der Waals surface area contributed by atoms with Gasteiger partial charge < -0.3 is 0 Å². The van der Waals surface area contributed by atoms with Gasteiger partial charge in [0.1, 0.15) is 0 Å². The average molecular weight is 689 g/mol. The maximum atomic E-state index is 2.48. The van der Waals surface area contributed by atoms with E-state index in [1.54, 1.807) is 0 Å². The van der Waals surface area contributed by atoms with Crippen molar-refractivity contribution in [3.8, 4) is 44.5 Å². The van der Waals surface area contributed by atoms with Crippen LogP contribution in [0.1, 0.15) is 0 Å². The molecule has 0 aliphatic heterocycles. The topological polar surface area (TPSA) is 0 Å². The highest BCUT2D eigenvalue weighted by Gasteiger charge is 2.21. The Balaban J connectivity index is 1.26. The highest BCUT2D eigenvalue weighted by molar-refractivity contribution is 7.26. The standard InChI is InChI=1S/C52H32S/c1-2-15-33(16-3-1)37-29-30-40(39-21-7-6-20-38(37)39)47-31-35(32-48-41-22-12-13-28-49(41)53-52(47)48)50-43-23-8-10-25-45(43)51(46-26-11-9-24-44(46)50)42-27-14-18-34-17-4-5-19-36(34)42/h1-32H. The molecule has 11 rings (SSSR count). The molecule has 0 nitrogen and oxygen atoms in total. The van der Waals surface area contributed by atoms with Gasteiger partial charge in [-0.3, -0.25) is 0 Å². The lowest BCUT2D eigenvalue weighted by Gasteiger charge is -2.20. The quantitative estimate of drug-likeness (QED) is 0.162. The minimum Gasteiger partial charge on any atom is -0.135 e. The van der Waals surface area contributed by atoms with E-state index >= 15 is 0 Å². The zero-order valence-electron chi connectivity index (χ0n) is 28.9. The summed E-state index contributed by atoms with van der Waals surface area (Å²) in [6.45, 7) is 0. The Bertz CT molecular complexity index is 3160. The summed E-state index contributed by atoms with van der Waals surface area (Å²) in [5.74, 6) is 0. The van der Waals surface area contributed by atoms with E-state index < -0.39 is 0 Å². The van der Waals surface area contributed by atoms with Gasteiger partial charge in [0.25, 0.3) is 0 Å². The van der Waals surface area contributed by atoms with Crippen LogP contribution in [0.4, 0.5) is 0 Å². The van der Waals surface area contributed by atoms with E-state index in [9.17, 15) is 0 Å². The van der Waals surface area contributed by atoms with E-state index in [-0.39, 0.29) is 0 Å². The van der Waals surface area contributed by atoms with Crippen molar-refractivity contribution >= 4 is 74.6 Å². The Labute approximate surface area is 311 Å². The molecule has 0 fully saturated rings. The normalized spacial score (nSPS) is 11.8. The highest BCUT2D eigenvalue weighted by atomic mass is 32.1. The first-order valence-electron chi connectivity index (χ1n) is 18.3. The Morgan fingerprint density at radius 2 is 0.792 bits per heavy atom. The first-order chi connectivity index (χ1) is 26.3. The molecule has 0 unspecified atom stereocenters. The molecule has 0 radical (unpaired) electrons. The Morgan fingerprint density at radius 1 is 0.264 bits per heavy atom. The summed E-state index contributed by atoms with van der Waals surface area (Å²) in [5.41, 5.74) is 10.1. The van der Waals surface area contributed by atoms with E-state index in [0.29, 0.717) is 0 Å². The van der Waals surface area contributed by atoms with Gasteiger partial charge in [-0.25, -0.2) is 0 Å². The fourth-order valence-electron chi connectivity index (χ4n) is 8.75. The maximum absolute atomic E-state index is 2.48. The molecule has 0 saturated heterocycles. The summed E-state index contributed by atoms with van der Waals surface area (Å²) < 4.78 is 2.64. The van der Waals surface area contributed by atoms with Crippen LogP contribution in [0, 0.1) is 0 Å². The van der Waals surface area contributed by atoms with Crippen LogP contribution >= 0.6 is 11.3 Å². The van der Waals surface area contributed by atoms with Crippen molar-refractivity contribution in [2.45, 2.75) is 0 Å². The summed E-state index contributed by atoms with van der Waals surface area (Å²) in [4.78, 5) is 0. The molecule has 1 heteroatoms. The number of thiophene rings is 1. The minimum atomic E-state index is 1.24. The van der Waals surface area contributed by atoms with Crippen molar-refractivity contribution in [3.05, 3.63) is 194 Å². The summed E-state index contributed by atoms with van der Waals surface area (Å²) in [5, 5.41) is 12.8. The lowest BCUT2D eigenvalue weighted by atomic mass is 9.83. The zero-order valence-corrected chi connectivity index (χ0v) is 29.7. The van der Waals surface area contributed by atoms with E-state index in [0.717, 1.165) is 0 Å². The summed E-state index contributed by atoms with van der Waals surface area (Å²) in [7, 11) is 0.